The van der Waals surface area contributed by atoms with Gasteiger partial charge in [0.15, 0.2) is 0 Å². The average molecular weight is 219 g/mol. The minimum atomic E-state index is -0.302. The Morgan fingerprint density at radius 2 is 2.25 bits per heavy atom. The number of hydrogen-bond acceptors (Lipinski definition) is 3. The highest BCUT2D eigenvalue weighted by molar-refractivity contribution is 5.89. The van der Waals surface area contributed by atoms with Gasteiger partial charge in [0.1, 0.15) is 5.75 Å². The van der Waals surface area contributed by atoms with Gasteiger partial charge in [-0.25, -0.2) is 0 Å². The number of methoxy groups -OCH3 is 1. The number of benzene rings is 1. The van der Waals surface area contributed by atoms with Crippen molar-refractivity contribution in [2.45, 2.75) is 13.3 Å². The summed E-state index contributed by atoms with van der Waals surface area (Å²) in [6.45, 7) is 1.96. The van der Waals surface area contributed by atoms with Crippen molar-refractivity contribution in [2.75, 3.05) is 7.11 Å². The predicted molar refractivity (Wildman–Crippen MR) is 60.4 cm³/mol. The number of ether oxygens (including phenoxy) is 1. The molecule has 16 heavy (non-hydrogen) atoms. The second kappa shape index (κ2) is 3.89. The summed E-state index contributed by atoms with van der Waals surface area (Å²) in [6.07, 6.45) is 0.185. The molecule has 1 aromatic heterocycles. The third-order valence-corrected chi connectivity index (χ3v) is 2.61. The second-order valence-corrected chi connectivity index (χ2v) is 3.74. The van der Waals surface area contributed by atoms with Crippen LogP contribution in [0, 0.1) is 6.92 Å². The zero-order valence-corrected chi connectivity index (χ0v) is 9.20. The van der Waals surface area contributed by atoms with E-state index in [-0.39, 0.29) is 18.1 Å². The molecule has 0 spiro atoms. The molecular formula is C12H13NO3. The Hall–Kier alpha value is -1.97. The first kappa shape index (κ1) is 10.5. The van der Waals surface area contributed by atoms with Crippen LogP contribution < -0.4 is 0 Å². The molecular weight excluding hydrogens is 206 g/mol. The zero-order valence-electron chi connectivity index (χ0n) is 9.20. The van der Waals surface area contributed by atoms with Gasteiger partial charge < -0.3 is 14.8 Å². The summed E-state index contributed by atoms with van der Waals surface area (Å²) in [6, 6.07) is 5.34. The van der Waals surface area contributed by atoms with Crippen molar-refractivity contribution in [3.63, 3.8) is 0 Å². The van der Waals surface area contributed by atoms with Crippen molar-refractivity contribution < 1.29 is 14.6 Å². The first-order chi connectivity index (χ1) is 7.61. The fourth-order valence-electron chi connectivity index (χ4n) is 1.72. The highest BCUT2D eigenvalue weighted by Gasteiger charge is 2.10. The molecule has 0 aliphatic heterocycles. The monoisotopic (exact) mass is 219 g/mol. The third-order valence-electron chi connectivity index (χ3n) is 2.61. The number of aromatic nitrogens is 1. The molecule has 0 aliphatic rings. The molecule has 0 atom stereocenters. The molecule has 1 heterocycles. The number of fused-ring (bicyclic) bond motifs is 1. The molecule has 2 N–H and O–H groups in total. The van der Waals surface area contributed by atoms with Crippen molar-refractivity contribution in [1.29, 1.82) is 0 Å². The number of phenolic OH excluding ortho intramolecular Hbond substituents is 1. The standard InChI is InChI=1S/C12H13NO3/c1-7-3-4-10(14)12-9(7)5-8(13-12)6-11(15)16-2/h3-5,13-14H,6H2,1-2H3. The maximum Gasteiger partial charge on any atom is 0.311 e. The van der Waals surface area contributed by atoms with E-state index in [1.54, 1.807) is 6.07 Å². The Kier molecular flexibility index (Phi) is 2.56. The van der Waals surface area contributed by atoms with E-state index in [0.29, 0.717) is 5.52 Å². The molecule has 0 amide bonds. The van der Waals surface area contributed by atoms with Crippen molar-refractivity contribution in [1.82, 2.24) is 4.98 Å². The molecule has 0 saturated heterocycles. The van der Waals surface area contributed by atoms with Gasteiger partial charge in [0.25, 0.3) is 0 Å². The summed E-state index contributed by atoms with van der Waals surface area (Å²) in [5.74, 6) is -0.111. The maximum absolute atomic E-state index is 11.1. The van der Waals surface area contributed by atoms with Crippen LogP contribution in [0.2, 0.25) is 0 Å². The minimum absolute atomic E-state index is 0.185. The number of aryl methyl sites for hydroxylation is 1. The van der Waals surface area contributed by atoms with Crippen molar-refractivity contribution >= 4 is 16.9 Å². The Morgan fingerprint density at radius 1 is 1.50 bits per heavy atom. The molecule has 0 aliphatic carbocycles. The van der Waals surface area contributed by atoms with Gasteiger partial charge in [-0.1, -0.05) is 6.07 Å². The molecule has 4 nitrogen and oxygen atoms in total. The number of carbonyl (C=O) groups excluding carboxylic acids is 1. The molecule has 1 aromatic carbocycles. The summed E-state index contributed by atoms with van der Waals surface area (Å²) in [5, 5.41) is 10.6. The molecule has 2 rings (SSSR count). The van der Waals surface area contributed by atoms with Crippen LogP contribution in [0.1, 0.15) is 11.3 Å². The number of hydrogen-bond donors (Lipinski definition) is 2. The van der Waals surface area contributed by atoms with E-state index in [9.17, 15) is 9.90 Å². The number of rotatable bonds is 2. The van der Waals surface area contributed by atoms with Gasteiger partial charge >= 0.3 is 5.97 Å². The number of aromatic hydroxyl groups is 1. The predicted octanol–water partition coefficient (Wildman–Crippen LogP) is 1.90. The van der Waals surface area contributed by atoms with Crippen LogP contribution in [0.4, 0.5) is 0 Å². The summed E-state index contributed by atoms with van der Waals surface area (Å²) in [4.78, 5) is 14.1. The number of carbonyl (C=O) groups is 1. The molecule has 4 heteroatoms. The van der Waals surface area contributed by atoms with Gasteiger partial charge in [-0.2, -0.15) is 0 Å². The van der Waals surface area contributed by atoms with E-state index in [2.05, 4.69) is 9.72 Å². The summed E-state index contributed by atoms with van der Waals surface area (Å²) in [5.41, 5.74) is 2.46. The zero-order chi connectivity index (χ0) is 11.7. The largest absolute Gasteiger partial charge is 0.506 e. The third kappa shape index (κ3) is 1.74. The molecule has 0 fully saturated rings. The van der Waals surface area contributed by atoms with Gasteiger partial charge in [-0.05, 0) is 24.6 Å². The Balaban J connectivity index is 2.47. The first-order valence-electron chi connectivity index (χ1n) is 4.99. The van der Waals surface area contributed by atoms with Gasteiger partial charge in [0, 0.05) is 11.1 Å². The van der Waals surface area contributed by atoms with Crippen LogP contribution in [-0.4, -0.2) is 23.2 Å². The van der Waals surface area contributed by atoms with Crippen LogP contribution in [-0.2, 0) is 16.0 Å². The van der Waals surface area contributed by atoms with Crippen molar-refractivity contribution in [3.05, 3.63) is 29.5 Å². The topological polar surface area (TPSA) is 62.3 Å². The van der Waals surface area contributed by atoms with E-state index >= 15 is 0 Å². The fraction of sp³-hybridized carbons (Fsp3) is 0.250. The van der Waals surface area contributed by atoms with E-state index in [1.165, 1.54) is 7.11 Å². The van der Waals surface area contributed by atoms with E-state index in [4.69, 9.17) is 0 Å². The quantitative estimate of drug-likeness (QED) is 0.758. The number of nitrogens with one attached hydrogen (secondary N) is 1. The SMILES string of the molecule is COC(=O)Cc1cc2c(C)ccc(O)c2[nH]1. The van der Waals surface area contributed by atoms with Crippen molar-refractivity contribution in [2.24, 2.45) is 0 Å². The lowest BCUT2D eigenvalue weighted by Crippen LogP contribution is -2.04. The molecule has 0 saturated carbocycles. The van der Waals surface area contributed by atoms with Crippen LogP contribution in [0.25, 0.3) is 10.9 Å². The minimum Gasteiger partial charge on any atom is -0.506 e. The van der Waals surface area contributed by atoms with Gasteiger partial charge in [0.05, 0.1) is 19.0 Å². The Labute approximate surface area is 92.9 Å². The van der Waals surface area contributed by atoms with Crippen LogP contribution in [0.15, 0.2) is 18.2 Å². The maximum atomic E-state index is 11.1. The van der Waals surface area contributed by atoms with Crippen LogP contribution >= 0.6 is 0 Å². The lowest BCUT2D eigenvalue weighted by atomic mass is 10.1. The number of esters is 1. The second-order valence-electron chi connectivity index (χ2n) is 3.74. The lowest BCUT2D eigenvalue weighted by Gasteiger charge is -1.97. The van der Waals surface area contributed by atoms with Gasteiger partial charge in [-0.15, -0.1) is 0 Å². The summed E-state index contributed by atoms with van der Waals surface area (Å²) < 4.78 is 4.59. The molecule has 0 unspecified atom stereocenters. The number of aromatic amines is 1. The lowest BCUT2D eigenvalue weighted by molar-refractivity contribution is -0.139. The summed E-state index contributed by atoms with van der Waals surface area (Å²) in [7, 11) is 1.35. The van der Waals surface area contributed by atoms with Crippen molar-refractivity contribution in [3.8, 4) is 5.75 Å². The Bertz CT molecular complexity index is 503. The fourth-order valence-corrected chi connectivity index (χ4v) is 1.72. The average Bonchev–Trinajstić information content (AvgIpc) is 2.68. The molecule has 84 valence electrons. The number of H-pyrrole nitrogens is 1. The van der Waals surface area contributed by atoms with E-state index < -0.39 is 0 Å². The van der Waals surface area contributed by atoms with E-state index in [1.807, 2.05) is 19.1 Å². The first-order valence-corrected chi connectivity index (χ1v) is 4.99. The molecule has 2 aromatic rings. The molecule has 0 radical (unpaired) electrons. The number of phenols is 1. The van der Waals surface area contributed by atoms with E-state index in [0.717, 1.165) is 16.6 Å². The normalized spacial score (nSPS) is 10.6. The van der Waals surface area contributed by atoms with Gasteiger partial charge in [-0.3, -0.25) is 4.79 Å². The van der Waals surface area contributed by atoms with Crippen LogP contribution in [0.5, 0.6) is 5.75 Å². The Morgan fingerprint density at radius 3 is 2.88 bits per heavy atom. The highest BCUT2D eigenvalue weighted by Crippen LogP contribution is 2.27. The van der Waals surface area contributed by atoms with Crippen LogP contribution in [0.3, 0.4) is 0 Å². The smallest absolute Gasteiger partial charge is 0.311 e. The van der Waals surface area contributed by atoms with Gasteiger partial charge in [0.2, 0.25) is 0 Å². The summed E-state index contributed by atoms with van der Waals surface area (Å²) >= 11 is 0. The molecule has 0 bridgehead atoms. The highest BCUT2D eigenvalue weighted by atomic mass is 16.5.